The summed E-state index contributed by atoms with van der Waals surface area (Å²) in [4.78, 5) is 18.3. The highest BCUT2D eigenvalue weighted by Crippen LogP contribution is 2.29. The molecule has 0 radical (unpaired) electrons. The van der Waals surface area contributed by atoms with Gasteiger partial charge in [-0.15, -0.1) is 11.3 Å². The summed E-state index contributed by atoms with van der Waals surface area (Å²) in [5.41, 5.74) is 3.19. The first-order valence-corrected chi connectivity index (χ1v) is 8.64. The third-order valence-corrected chi connectivity index (χ3v) is 5.21. The van der Waals surface area contributed by atoms with Crippen molar-refractivity contribution in [2.75, 3.05) is 19.7 Å². The Morgan fingerprint density at radius 3 is 3.17 bits per heavy atom. The number of morpholine rings is 1. The van der Waals surface area contributed by atoms with Gasteiger partial charge in [-0.3, -0.25) is 9.69 Å². The van der Waals surface area contributed by atoms with Crippen LogP contribution in [0.3, 0.4) is 0 Å². The molecule has 1 aromatic carbocycles. The van der Waals surface area contributed by atoms with Crippen molar-refractivity contribution in [1.82, 2.24) is 9.88 Å². The molecule has 1 fully saturated rings. The Morgan fingerprint density at radius 1 is 1.43 bits per heavy atom. The molecule has 3 heterocycles. The van der Waals surface area contributed by atoms with Gasteiger partial charge in [0, 0.05) is 36.3 Å². The Bertz CT molecular complexity index is 743. The summed E-state index contributed by atoms with van der Waals surface area (Å²) in [5.74, 6) is 0.551. The molecule has 0 N–H and O–H groups in total. The van der Waals surface area contributed by atoms with Gasteiger partial charge in [0.15, 0.2) is 0 Å². The second-order valence-electron chi connectivity index (χ2n) is 6.01. The predicted octanol–water partition coefficient (Wildman–Crippen LogP) is 2.49. The van der Waals surface area contributed by atoms with Crippen molar-refractivity contribution in [3.05, 3.63) is 45.4 Å². The average molecular weight is 330 g/mol. The number of aryl methyl sites for hydroxylation is 1. The van der Waals surface area contributed by atoms with E-state index < -0.39 is 0 Å². The van der Waals surface area contributed by atoms with Crippen molar-refractivity contribution in [2.24, 2.45) is 0 Å². The molecular weight excluding hydrogens is 312 g/mol. The Morgan fingerprint density at radius 2 is 2.35 bits per heavy atom. The SMILES string of the molecule is Cc1csc(C2CN(Cc3ccc4c(c3)OC(=O)C4)CCO2)n1. The Balaban J connectivity index is 1.44. The first-order chi connectivity index (χ1) is 11.2. The Kier molecular flexibility index (Phi) is 3.88. The van der Waals surface area contributed by atoms with Crippen LogP contribution in [0.2, 0.25) is 0 Å². The first-order valence-electron chi connectivity index (χ1n) is 7.76. The van der Waals surface area contributed by atoms with Gasteiger partial charge >= 0.3 is 5.97 Å². The molecule has 1 aromatic heterocycles. The van der Waals surface area contributed by atoms with Crippen LogP contribution in [-0.4, -0.2) is 35.5 Å². The highest BCUT2D eigenvalue weighted by Gasteiger charge is 2.25. The molecule has 4 rings (SSSR count). The zero-order valence-electron chi connectivity index (χ0n) is 12.9. The lowest BCUT2D eigenvalue weighted by Gasteiger charge is -2.32. The normalized spacial score (nSPS) is 21.3. The molecule has 1 unspecified atom stereocenters. The molecule has 2 aliphatic rings. The highest BCUT2D eigenvalue weighted by molar-refractivity contribution is 7.09. The van der Waals surface area contributed by atoms with Gasteiger partial charge in [0.2, 0.25) is 0 Å². The first kappa shape index (κ1) is 14.8. The fourth-order valence-electron chi connectivity index (χ4n) is 3.03. The van der Waals surface area contributed by atoms with Gasteiger partial charge in [0.05, 0.1) is 13.0 Å². The van der Waals surface area contributed by atoms with Gasteiger partial charge in [-0.25, -0.2) is 4.98 Å². The third-order valence-electron chi connectivity index (χ3n) is 4.16. The minimum Gasteiger partial charge on any atom is -0.426 e. The molecule has 2 aliphatic heterocycles. The van der Waals surface area contributed by atoms with Gasteiger partial charge in [-0.05, 0) is 18.6 Å². The highest BCUT2D eigenvalue weighted by atomic mass is 32.1. The van der Waals surface area contributed by atoms with Crippen molar-refractivity contribution >= 4 is 17.3 Å². The van der Waals surface area contributed by atoms with E-state index in [1.165, 1.54) is 0 Å². The maximum atomic E-state index is 11.3. The number of carbonyl (C=O) groups is 1. The molecule has 0 aliphatic carbocycles. The molecule has 0 spiro atoms. The smallest absolute Gasteiger partial charge is 0.315 e. The van der Waals surface area contributed by atoms with Gasteiger partial charge in [0.25, 0.3) is 0 Å². The number of carbonyl (C=O) groups excluding carboxylic acids is 1. The topological polar surface area (TPSA) is 51.7 Å². The van der Waals surface area contributed by atoms with Crippen LogP contribution in [0.15, 0.2) is 23.6 Å². The summed E-state index contributed by atoms with van der Waals surface area (Å²) < 4.78 is 11.1. The van der Waals surface area contributed by atoms with Crippen LogP contribution < -0.4 is 4.74 Å². The summed E-state index contributed by atoms with van der Waals surface area (Å²) >= 11 is 1.66. The predicted molar refractivity (Wildman–Crippen MR) is 86.6 cm³/mol. The number of rotatable bonds is 3. The number of hydrogen-bond donors (Lipinski definition) is 0. The van der Waals surface area contributed by atoms with Crippen LogP contribution >= 0.6 is 11.3 Å². The maximum absolute atomic E-state index is 11.3. The summed E-state index contributed by atoms with van der Waals surface area (Å²) in [6.07, 6.45) is 0.438. The quantitative estimate of drug-likeness (QED) is 0.639. The van der Waals surface area contributed by atoms with Crippen LogP contribution in [0, 0.1) is 6.92 Å². The van der Waals surface area contributed by atoms with Crippen LogP contribution in [0.25, 0.3) is 0 Å². The third kappa shape index (κ3) is 3.15. The second kappa shape index (κ2) is 6.03. The number of nitrogens with zero attached hydrogens (tertiary/aromatic N) is 2. The van der Waals surface area contributed by atoms with E-state index in [9.17, 15) is 4.79 Å². The molecule has 1 saturated heterocycles. The Labute approximate surface area is 138 Å². The van der Waals surface area contributed by atoms with E-state index >= 15 is 0 Å². The largest absolute Gasteiger partial charge is 0.426 e. The average Bonchev–Trinajstić information content (AvgIpc) is 3.12. The van der Waals surface area contributed by atoms with Crippen LogP contribution in [0.4, 0.5) is 0 Å². The number of esters is 1. The van der Waals surface area contributed by atoms with Crippen molar-refractivity contribution < 1.29 is 14.3 Å². The zero-order chi connectivity index (χ0) is 15.8. The minimum absolute atomic E-state index is 0.0507. The van der Waals surface area contributed by atoms with Crippen LogP contribution in [0.5, 0.6) is 5.75 Å². The van der Waals surface area contributed by atoms with E-state index in [0.29, 0.717) is 18.8 Å². The summed E-state index contributed by atoms with van der Waals surface area (Å²) in [6.45, 7) is 5.28. The monoisotopic (exact) mass is 330 g/mol. The molecular formula is C17H18N2O3S. The molecule has 6 heteroatoms. The number of benzene rings is 1. The number of hydrogen-bond acceptors (Lipinski definition) is 6. The van der Waals surface area contributed by atoms with Gasteiger partial charge < -0.3 is 9.47 Å². The molecule has 5 nitrogen and oxygen atoms in total. The van der Waals surface area contributed by atoms with Crippen molar-refractivity contribution in [2.45, 2.75) is 26.0 Å². The molecule has 120 valence electrons. The number of ether oxygens (including phenoxy) is 2. The van der Waals surface area contributed by atoms with Gasteiger partial charge in [-0.2, -0.15) is 0 Å². The fourth-order valence-corrected chi connectivity index (χ4v) is 3.86. The Hall–Kier alpha value is -1.76. The lowest BCUT2D eigenvalue weighted by Crippen LogP contribution is -2.37. The van der Waals surface area contributed by atoms with E-state index in [4.69, 9.17) is 9.47 Å². The van der Waals surface area contributed by atoms with Crippen LogP contribution in [-0.2, 0) is 22.5 Å². The van der Waals surface area contributed by atoms with Crippen molar-refractivity contribution in [3.63, 3.8) is 0 Å². The maximum Gasteiger partial charge on any atom is 0.315 e. The van der Waals surface area contributed by atoms with Gasteiger partial charge in [0.1, 0.15) is 16.9 Å². The number of fused-ring (bicyclic) bond motifs is 1. The number of aromatic nitrogens is 1. The molecule has 1 atom stereocenters. The number of thiazole rings is 1. The van der Waals surface area contributed by atoms with E-state index in [2.05, 4.69) is 21.3 Å². The molecule has 2 aromatic rings. The lowest BCUT2D eigenvalue weighted by molar-refractivity contribution is -0.131. The van der Waals surface area contributed by atoms with E-state index in [1.54, 1.807) is 11.3 Å². The van der Waals surface area contributed by atoms with E-state index in [0.717, 1.165) is 41.5 Å². The van der Waals surface area contributed by atoms with Crippen LogP contribution in [0.1, 0.15) is 27.9 Å². The summed E-state index contributed by atoms with van der Waals surface area (Å²) in [5, 5.41) is 3.11. The minimum atomic E-state index is -0.164. The second-order valence-corrected chi connectivity index (χ2v) is 6.90. The summed E-state index contributed by atoms with van der Waals surface area (Å²) in [7, 11) is 0. The van der Waals surface area contributed by atoms with Crippen molar-refractivity contribution in [3.8, 4) is 5.75 Å². The molecule has 0 saturated carbocycles. The lowest BCUT2D eigenvalue weighted by atomic mass is 10.1. The zero-order valence-corrected chi connectivity index (χ0v) is 13.8. The van der Waals surface area contributed by atoms with Gasteiger partial charge in [-0.1, -0.05) is 12.1 Å². The summed E-state index contributed by atoms with van der Waals surface area (Å²) in [6, 6.07) is 6.06. The fraction of sp³-hybridized carbons (Fsp3) is 0.412. The molecule has 23 heavy (non-hydrogen) atoms. The standard InChI is InChI=1S/C17H18N2O3S/c1-11-10-23-17(18-11)15-9-19(4-5-21-15)8-12-2-3-13-7-16(20)22-14(13)6-12/h2-3,6,10,15H,4-5,7-9H2,1H3. The van der Waals surface area contributed by atoms with E-state index in [1.807, 2.05) is 19.1 Å². The van der Waals surface area contributed by atoms with Crippen molar-refractivity contribution in [1.29, 1.82) is 0 Å². The van der Waals surface area contributed by atoms with E-state index in [-0.39, 0.29) is 12.1 Å². The molecule has 0 bridgehead atoms. The molecule has 0 amide bonds.